The van der Waals surface area contributed by atoms with Crippen LogP contribution in [0.15, 0.2) is 18.2 Å². The fourth-order valence-corrected chi connectivity index (χ4v) is 2.49. The van der Waals surface area contributed by atoms with E-state index in [4.69, 9.17) is 10.5 Å². The molecule has 1 aromatic rings. The number of aryl methyl sites for hydroxylation is 1. The van der Waals surface area contributed by atoms with E-state index in [1.165, 1.54) is 18.4 Å². The Kier molecular flexibility index (Phi) is 4.98. The number of nitrogens with zero attached hydrogens (tertiary/aromatic N) is 1. The van der Waals surface area contributed by atoms with Gasteiger partial charge in [-0.25, -0.2) is 0 Å². The van der Waals surface area contributed by atoms with Gasteiger partial charge < -0.3 is 20.1 Å². The molecule has 0 radical (unpaired) electrons. The Bertz CT molecular complexity index is 470. The fraction of sp³-hybridized carbons (Fsp3) is 0.533. The van der Waals surface area contributed by atoms with E-state index in [2.05, 4.69) is 28.7 Å². The van der Waals surface area contributed by atoms with Crippen LogP contribution in [0.2, 0.25) is 0 Å². The van der Waals surface area contributed by atoms with Crippen molar-refractivity contribution in [1.82, 2.24) is 0 Å². The summed E-state index contributed by atoms with van der Waals surface area (Å²) >= 11 is 0. The van der Waals surface area contributed by atoms with Crippen molar-refractivity contribution in [1.29, 1.82) is 0 Å². The van der Waals surface area contributed by atoms with Gasteiger partial charge in [-0.3, -0.25) is 4.79 Å². The summed E-state index contributed by atoms with van der Waals surface area (Å²) in [7, 11) is 1.36. The first-order chi connectivity index (χ1) is 9.61. The van der Waals surface area contributed by atoms with Crippen LogP contribution in [0.5, 0.6) is 0 Å². The first kappa shape index (κ1) is 14.8. The summed E-state index contributed by atoms with van der Waals surface area (Å²) in [5.74, 6) is -0.375. The number of hydrogen-bond acceptors (Lipinski definition) is 5. The number of esters is 1. The number of ether oxygens (including phenoxy) is 2. The third kappa shape index (κ3) is 3.49. The van der Waals surface area contributed by atoms with Gasteiger partial charge in [0, 0.05) is 18.8 Å². The second-order valence-electron chi connectivity index (χ2n) is 5.05. The van der Waals surface area contributed by atoms with Crippen LogP contribution in [0.25, 0.3) is 0 Å². The van der Waals surface area contributed by atoms with E-state index in [0.29, 0.717) is 6.42 Å². The van der Waals surface area contributed by atoms with E-state index in [-0.39, 0.29) is 5.97 Å². The first-order valence-corrected chi connectivity index (χ1v) is 6.87. The van der Waals surface area contributed by atoms with Gasteiger partial charge in [-0.15, -0.1) is 0 Å². The number of hydrogen-bond donors (Lipinski definition) is 1. The van der Waals surface area contributed by atoms with Crippen LogP contribution in [0.3, 0.4) is 0 Å². The topological polar surface area (TPSA) is 64.8 Å². The Hall–Kier alpha value is -1.59. The molecule has 20 heavy (non-hydrogen) atoms. The summed E-state index contributed by atoms with van der Waals surface area (Å²) in [6.07, 6.45) is 0.497. The average Bonchev–Trinajstić information content (AvgIpc) is 2.47. The molecule has 0 aliphatic carbocycles. The molecule has 1 heterocycles. The van der Waals surface area contributed by atoms with E-state index in [0.717, 1.165) is 31.9 Å². The van der Waals surface area contributed by atoms with E-state index < -0.39 is 6.04 Å². The predicted octanol–water partition coefficient (Wildman–Crippen LogP) is 0.874. The Morgan fingerprint density at radius 2 is 2.15 bits per heavy atom. The summed E-state index contributed by atoms with van der Waals surface area (Å²) < 4.78 is 10.0. The molecule has 1 fully saturated rings. The lowest BCUT2D eigenvalue weighted by molar-refractivity contribution is -0.142. The SMILES string of the molecule is COC(=O)C(N)Cc1ccc(N2CCOCC2)c(C)c1. The summed E-state index contributed by atoms with van der Waals surface area (Å²) in [4.78, 5) is 13.7. The zero-order valence-corrected chi connectivity index (χ0v) is 12.1. The third-order valence-electron chi connectivity index (χ3n) is 3.57. The van der Waals surface area contributed by atoms with Crippen molar-refractivity contribution in [3.05, 3.63) is 29.3 Å². The summed E-state index contributed by atoms with van der Waals surface area (Å²) in [6.45, 7) is 5.46. The van der Waals surface area contributed by atoms with Gasteiger partial charge in [0.15, 0.2) is 0 Å². The third-order valence-corrected chi connectivity index (χ3v) is 3.57. The maximum atomic E-state index is 11.3. The van der Waals surface area contributed by atoms with Gasteiger partial charge in [-0.05, 0) is 30.5 Å². The lowest BCUT2D eigenvalue weighted by atomic mass is 10.0. The van der Waals surface area contributed by atoms with E-state index in [1.54, 1.807) is 0 Å². The highest BCUT2D eigenvalue weighted by Crippen LogP contribution is 2.22. The molecule has 1 saturated heterocycles. The smallest absolute Gasteiger partial charge is 0.322 e. The molecular weight excluding hydrogens is 256 g/mol. The number of nitrogens with two attached hydrogens (primary N) is 1. The molecule has 0 bridgehead atoms. The van der Waals surface area contributed by atoms with Crippen molar-refractivity contribution in [3.63, 3.8) is 0 Å². The molecule has 0 saturated carbocycles. The molecule has 0 spiro atoms. The predicted molar refractivity (Wildman–Crippen MR) is 77.9 cm³/mol. The minimum absolute atomic E-state index is 0.375. The molecule has 5 heteroatoms. The molecule has 1 atom stereocenters. The van der Waals surface area contributed by atoms with Gasteiger partial charge >= 0.3 is 5.97 Å². The molecule has 2 N–H and O–H groups in total. The number of carbonyl (C=O) groups excluding carboxylic acids is 1. The summed E-state index contributed by atoms with van der Waals surface area (Å²) in [5, 5.41) is 0. The van der Waals surface area contributed by atoms with E-state index >= 15 is 0 Å². The molecular formula is C15H22N2O3. The number of carbonyl (C=O) groups is 1. The minimum Gasteiger partial charge on any atom is -0.468 e. The number of anilines is 1. The van der Waals surface area contributed by atoms with Gasteiger partial charge in [-0.2, -0.15) is 0 Å². The molecule has 110 valence electrons. The van der Waals surface area contributed by atoms with E-state index in [9.17, 15) is 4.79 Å². The monoisotopic (exact) mass is 278 g/mol. The maximum Gasteiger partial charge on any atom is 0.322 e. The zero-order valence-electron chi connectivity index (χ0n) is 12.1. The van der Waals surface area contributed by atoms with Crippen molar-refractivity contribution in [2.45, 2.75) is 19.4 Å². The van der Waals surface area contributed by atoms with Crippen LogP contribution in [-0.2, 0) is 20.7 Å². The van der Waals surface area contributed by atoms with Crippen molar-refractivity contribution in [3.8, 4) is 0 Å². The molecule has 5 nitrogen and oxygen atoms in total. The highest BCUT2D eigenvalue weighted by Gasteiger charge is 2.16. The molecule has 0 amide bonds. The molecule has 0 aromatic heterocycles. The summed E-state index contributed by atoms with van der Waals surface area (Å²) in [6, 6.07) is 5.61. The highest BCUT2D eigenvalue weighted by molar-refractivity contribution is 5.75. The highest BCUT2D eigenvalue weighted by atomic mass is 16.5. The normalized spacial score (nSPS) is 16.9. The quantitative estimate of drug-likeness (QED) is 0.828. The van der Waals surface area contributed by atoms with Gasteiger partial charge in [0.05, 0.1) is 20.3 Å². The van der Waals surface area contributed by atoms with Crippen LogP contribution in [0, 0.1) is 6.92 Å². The Labute approximate surface area is 119 Å². The average molecular weight is 278 g/mol. The van der Waals surface area contributed by atoms with Crippen molar-refractivity contribution < 1.29 is 14.3 Å². The minimum atomic E-state index is -0.603. The fourth-order valence-electron chi connectivity index (χ4n) is 2.49. The first-order valence-electron chi connectivity index (χ1n) is 6.87. The molecule has 1 unspecified atom stereocenters. The van der Waals surface area contributed by atoms with Gasteiger partial charge in [-0.1, -0.05) is 12.1 Å². The molecule has 1 aromatic carbocycles. The standard InChI is InChI=1S/C15H22N2O3/c1-11-9-12(10-13(16)15(18)19-2)3-4-14(11)17-5-7-20-8-6-17/h3-4,9,13H,5-8,10,16H2,1-2H3. The maximum absolute atomic E-state index is 11.3. The number of methoxy groups -OCH3 is 1. The largest absolute Gasteiger partial charge is 0.468 e. The molecule has 1 aliphatic rings. The molecule has 1 aliphatic heterocycles. The second-order valence-corrected chi connectivity index (χ2v) is 5.05. The second kappa shape index (κ2) is 6.72. The lowest BCUT2D eigenvalue weighted by Gasteiger charge is -2.30. The van der Waals surface area contributed by atoms with Crippen molar-refractivity contribution in [2.24, 2.45) is 5.73 Å². The van der Waals surface area contributed by atoms with Crippen LogP contribution in [0.1, 0.15) is 11.1 Å². The van der Waals surface area contributed by atoms with Gasteiger partial charge in [0.1, 0.15) is 6.04 Å². The van der Waals surface area contributed by atoms with E-state index in [1.807, 2.05) is 6.07 Å². The Morgan fingerprint density at radius 1 is 1.45 bits per heavy atom. The van der Waals surface area contributed by atoms with Crippen LogP contribution >= 0.6 is 0 Å². The number of benzene rings is 1. The Morgan fingerprint density at radius 3 is 2.75 bits per heavy atom. The van der Waals surface area contributed by atoms with Crippen LogP contribution in [0.4, 0.5) is 5.69 Å². The van der Waals surface area contributed by atoms with Gasteiger partial charge in [0.25, 0.3) is 0 Å². The summed E-state index contributed by atoms with van der Waals surface area (Å²) in [5.41, 5.74) is 9.26. The lowest BCUT2D eigenvalue weighted by Crippen LogP contribution is -2.36. The van der Waals surface area contributed by atoms with Crippen molar-refractivity contribution >= 4 is 11.7 Å². The van der Waals surface area contributed by atoms with Crippen LogP contribution in [-0.4, -0.2) is 45.4 Å². The number of morpholine rings is 1. The molecule has 2 rings (SSSR count). The van der Waals surface area contributed by atoms with Crippen LogP contribution < -0.4 is 10.6 Å². The zero-order chi connectivity index (χ0) is 14.5. The number of rotatable bonds is 4. The van der Waals surface area contributed by atoms with Gasteiger partial charge in [0.2, 0.25) is 0 Å². The van der Waals surface area contributed by atoms with Crippen molar-refractivity contribution in [2.75, 3.05) is 38.3 Å². The Balaban J connectivity index is 2.07.